The zero-order chi connectivity index (χ0) is 15.6. The van der Waals surface area contributed by atoms with Gasteiger partial charge < -0.3 is 10.5 Å². The fourth-order valence-electron chi connectivity index (χ4n) is 1.68. The fourth-order valence-corrected chi connectivity index (χ4v) is 1.88. The summed E-state index contributed by atoms with van der Waals surface area (Å²) in [5, 5.41) is -0.0610. The summed E-state index contributed by atoms with van der Waals surface area (Å²) in [7, 11) is 0. The third-order valence-corrected chi connectivity index (χ3v) is 3.26. The molecule has 110 valence electrons. The monoisotopic (exact) mass is 311 g/mol. The summed E-state index contributed by atoms with van der Waals surface area (Å²) in [6.07, 6.45) is 0. The van der Waals surface area contributed by atoms with Crippen molar-refractivity contribution in [3.8, 4) is 0 Å². The molecule has 2 rings (SSSR count). The van der Waals surface area contributed by atoms with E-state index in [2.05, 4.69) is 0 Å². The van der Waals surface area contributed by atoms with Crippen LogP contribution in [-0.2, 0) is 11.3 Å². The van der Waals surface area contributed by atoms with E-state index < -0.39 is 17.6 Å². The van der Waals surface area contributed by atoms with Crippen LogP contribution in [0.1, 0.15) is 21.5 Å². The highest BCUT2D eigenvalue weighted by molar-refractivity contribution is 6.30. The van der Waals surface area contributed by atoms with Crippen LogP contribution in [0.15, 0.2) is 30.3 Å². The number of nitrogen functional groups attached to an aromatic ring is 1. The highest BCUT2D eigenvalue weighted by Crippen LogP contribution is 2.20. The second-order valence-electron chi connectivity index (χ2n) is 4.50. The largest absolute Gasteiger partial charge is 0.457 e. The lowest BCUT2D eigenvalue weighted by Gasteiger charge is -2.08. The van der Waals surface area contributed by atoms with Gasteiger partial charge in [0.15, 0.2) is 0 Å². The van der Waals surface area contributed by atoms with Crippen molar-refractivity contribution < 1.29 is 18.3 Å². The molecule has 0 aliphatic rings. The molecule has 2 aromatic rings. The molecule has 0 saturated carbocycles. The molecule has 6 heteroatoms. The zero-order valence-corrected chi connectivity index (χ0v) is 11.9. The van der Waals surface area contributed by atoms with Crippen LogP contribution in [0.25, 0.3) is 0 Å². The molecule has 0 aromatic heterocycles. The number of nitrogens with two attached hydrogens (primary N) is 1. The van der Waals surface area contributed by atoms with E-state index in [1.165, 1.54) is 31.2 Å². The van der Waals surface area contributed by atoms with E-state index in [4.69, 9.17) is 22.1 Å². The van der Waals surface area contributed by atoms with Crippen molar-refractivity contribution in [1.29, 1.82) is 0 Å². The number of hydrogen-bond donors (Lipinski definition) is 1. The van der Waals surface area contributed by atoms with Gasteiger partial charge in [0.1, 0.15) is 18.2 Å². The minimum Gasteiger partial charge on any atom is -0.457 e. The van der Waals surface area contributed by atoms with Crippen LogP contribution in [0.5, 0.6) is 0 Å². The number of anilines is 1. The van der Waals surface area contributed by atoms with E-state index in [0.717, 1.165) is 6.07 Å². The Balaban J connectivity index is 2.10. The number of ether oxygens (including phenoxy) is 1. The summed E-state index contributed by atoms with van der Waals surface area (Å²) in [5.41, 5.74) is 6.58. The molecule has 0 fully saturated rings. The Morgan fingerprint density at radius 2 is 1.95 bits per heavy atom. The van der Waals surface area contributed by atoms with Crippen LogP contribution >= 0.6 is 11.6 Å². The van der Waals surface area contributed by atoms with Gasteiger partial charge in [0.05, 0.1) is 10.6 Å². The van der Waals surface area contributed by atoms with E-state index in [-0.39, 0.29) is 28.4 Å². The Kier molecular flexibility index (Phi) is 4.43. The molecule has 0 spiro atoms. The first kappa shape index (κ1) is 15.3. The molecule has 0 bridgehead atoms. The predicted molar refractivity (Wildman–Crippen MR) is 76.1 cm³/mol. The third-order valence-electron chi connectivity index (χ3n) is 2.97. The summed E-state index contributed by atoms with van der Waals surface area (Å²) >= 11 is 5.62. The fraction of sp³-hybridized carbons (Fsp3) is 0.133. The van der Waals surface area contributed by atoms with Gasteiger partial charge in [-0.05, 0) is 36.8 Å². The number of carbonyl (C=O) groups excluding carboxylic acids is 1. The summed E-state index contributed by atoms with van der Waals surface area (Å²) in [4.78, 5) is 11.8. The molecule has 0 saturated heterocycles. The van der Waals surface area contributed by atoms with Crippen LogP contribution in [0, 0.1) is 18.6 Å². The Labute approximate surface area is 125 Å². The lowest BCUT2D eigenvalue weighted by Crippen LogP contribution is -2.07. The van der Waals surface area contributed by atoms with Gasteiger partial charge in [-0.1, -0.05) is 17.7 Å². The van der Waals surface area contributed by atoms with Gasteiger partial charge in [-0.3, -0.25) is 0 Å². The van der Waals surface area contributed by atoms with E-state index in [1.54, 1.807) is 0 Å². The maximum atomic E-state index is 13.5. The Morgan fingerprint density at radius 1 is 1.24 bits per heavy atom. The van der Waals surface area contributed by atoms with Gasteiger partial charge >= 0.3 is 5.97 Å². The van der Waals surface area contributed by atoms with Gasteiger partial charge in [0.2, 0.25) is 0 Å². The van der Waals surface area contributed by atoms with Crippen molar-refractivity contribution in [3.05, 3.63) is 63.7 Å². The molecule has 0 unspecified atom stereocenters. The Hall–Kier alpha value is -2.14. The number of halogens is 3. The summed E-state index contributed by atoms with van der Waals surface area (Å²) in [6.45, 7) is 1.41. The molecule has 0 aliphatic carbocycles. The Bertz CT molecular complexity index is 681. The summed E-state index contributed by atoms with van der Waals surface area (Å²) in [5.74, 6) is -1.85. The molecule has 2 N–H and O–H groups in total. The van der Waals surface area contributed by atoms with E-state index >= 15 is 0 Å². The molecule has 2 aromatic carbocycles. The number of esters is 1. The van der Waals surface area contributed by atoms with Crippen molar-refractivity contribution in [2.75, 3.05) is 5.73 Å². The lowest BCUT2D eigenvalue weighted by molar-refractivity contribution is 0.0472. The summed E-state index contributed by atoms with van der Waals surface area (Å²) in [6, 6.07) is 6.38. The van der Waals surface area contributed by atoms with Gasteiger partial charge in [-0.2, -0.15) is 0 Å². The Morgan fingerprint density at radius 3 is 2.57 bits per heavy atom. The second kappa shape index (κ2) is 6.10. The first-order chi connectivity index (χ1) is 9.88. The highest BCUT2D eigenvalue weighted by Gasteiger charge is 2.13. The van der Waals surface area contributed by atoms with Crippen molar-refractivity contribution in [1.82, 2.24) is 0 Å². The highest BCUT2D eigenvalue weighted by atomic mass is 35.5. The number of benzene rings is 2. The molecule has 0 atom stereocenters. The smallest absolute Gasteiger partial charge is 0.338 e. The standard InChI is InChI=1S/C15H12ClF2NO2/c1-8-13(18)5-10(6-14(8)19)15(20)21-7-9-2-3-12(17)11(16)4-9/h2-6H,7,19H2,1H3. The van der Waals surface area contributed by atoms with Gasteiger partial charge in [-0.25, -0.2) is 13.6 Å². The van der Waals surface area contributed by atoms with E-state index in [9.17, 15) is 13.6 Å². The molecular formula is C15H12ClF2NO2. The molecule has 3 nitrogen and oxygen atoms in total. The minimum absolute atomic E-state index is 0.0174. The van der Waals surface area contributed by atoms with Crippen molar-refractivity contribution >= 4 is 23.3 Å². The van der Waals surface area contributed by atoms with E-state index in [1.807, 2.05) is 0 Å². The third kappa shape index (κ3) is 3.49. The normalized spacial score (nSPS) is 10.5. The lowest BCUT2D eigenvalue weighted by atomic mass is 10.1. The average Bonchev–Trinajstić information content (AvgIpc) is 2.45. The molecule has 0 amide bonds. The van der Waals surface area contributed by atoms with Gasteiger partial charge in [0, 0.05) is 11.3 Å². The average molecular weight is 312 g/mol. The first-order valence-electron chi connectivity index (χ1n) is 6.05. The van der Waals surface area contributed by atoms with Crippen molar-refractivity contribution in [3.63, 3.8) is 0 Å². The number of hydrogen-bond acceptors (Lipinski definition) is 3. The SMILES string of the molecule is Cc1c(N)cc(C(=O)OCc2ccc(F)c(Cl)c2)cc1F. The van der Waals surface area contributed by atoms with Gasteiger partial charge in [-0.15, -0.1) is 0 Å². The van der Waals surface area contributed by atoms with Crippen LogP contribution < -0.4 is 5.73 Å². The summed E-state index contributed by atoms with van der Waals surface area (Å²) < 4.78 is 31.5. The molecule has 21 heavy (non-hydrogen) atoms. The van der Waals surface area contributed by atoms with Crippen LogP contribution in [0.3, 0.4) is 0 Å². The van der Waals surface area contributed by atoms with Crippen LogP contribution in [0.2, 0.25) is 5.02 Å². The topological polar surface area (TPSA) is 52.3 Å². The second-order valence-corrected chi connectivity index (χ2v) is 4.90. The molecule has 0 aliphatic heterocycles. The number of rotatable bonds is 3. The maximum absolute atomic E-state index is 13.5. The molecule has 0 radical (unpaired) electrons. The number of carbonyl (C=O) groups is 1. The van der Waals surface area contributed by atoms with Crippen LogP contribution in [-0.4, -0.2) is 5.97 Å². The molecule has 0 heterocycles. The maximum Gasteiger partial charge on any atom is 0.338 e. The van der Waals surface area contributed by atoms with E-state index in [0.29, 0.717) is 5.56 Å². The molecular weight excluding hydrogens is 300 g/mol. The van der Waals surface area contributed by atoms with Gasteiger partial charge in [0.25, 0.3) is 0 Å². The van der Waals surface area contributed by atoms with Crippen molar-refractivity contribution in [2.24, 2.45) is 0 Å². The first-order valence-corrected chi connectivity index (χ1v) is 6.43. The predicted octanol–water partition coefficient (Wildman–Crippen LogP) is 3.87. The zero-order valence-electron chi connectivity index (χ0n) is 11.1. The van der Waals surface area contributed by atoms with Crippen LogP contribution in [0.4, 0.5) is 14.5 Å². The van der Waals surface area contributed by atoms with Crippen molar-refractivity contribution in [2.45, 2.75) is 13.5 Å². The minimum atomic E-state index is -0.721. The quantitative estimate of drug-likeness (QED) is 0.691.